The average Bonchev–Trinajstić information content (AvgIpc) is 3.10. The van der Waals surface area contributed by atoms with Gasteiger partial charge in [0.1, 0.15) is 11.6 Å². The van der Waals surface area contributed by atoms with Gasteiger partial charge in [0.2, 0.25) is 0 Å². The zero-order valence-corrected chi connectivity index (χ0v) is 19.1. The molecule has 0 saturated heterocycles. The standard InChI is InChI=1S/C23H27FN6S/c1-13(2)19-9-21(30(28-19)17-5-6-17)27-23-26-20(11-31-23)16-7-14(3)22(18(24)8-16)29-10-15(4)25-12-29/h8-14,17H,5-7H2,1-4H3,(H,26,27). The number of thiazole rings is 1. The third-order valence-electron chi connectivity index (χ3n) is 5.84. The first kappa shape index (κ1) is 20.2. The molecule has 2 aliphatic carbocycles. The monoisotopic (exact) mass is 438 g/mol. The van der Waals surface area contributed by atoms with Gasteiger partial charge in [-0.1, -0.05) is 20.8 Å². The van der Waals surface area contributed by atoms with Gasteiger partial charge in [-0.05, 0) is 43.8 Å². The molecule has 1 unspecified atom stereocenters. The van der Waals surface area contributed by atoms with Gasteiger partial charge in [-0.15, -0.1) is 11.3 Å². The fraction of sp³-hybridized carbons (Fsp3) is 0.435. The number of anilines is 2. The number of imidazole rings is 1. The summed E-state index contributed by atoms with van der Waals surface area (Å²) in [6, 6.07) is 2.61. The number of halogens is 1. The van der Waals surface area contributed by atoms with Crippen molar-refractivity contribution in [2.75, 3.05) is 5.32 Å². The van der Waals surface area contributed by atoms with Gasteiger partial charge in [-0.25, -0.2) is 19.0 Å². The predicted molar refractivity (Wildman–Crippen MR) is 123 cm³/mol. The van der Waals surface area contributed by atoms with Gasteiger partial charge >= 0.3 is 0 Å². The highest BCUT2D eigenvalue weighted by Gasteiger charge is 2.28. The number of hydrogen-bond acceptors (Lipinski definition) is 5. The Bertz CT molecular complexity index is 1180. The van der Waals surface area contributed by atoms with Crippen molar-refractivity contribution >= 4 is 33.6 Å². The van der Waals surface area contributed by atoms with Crippen LogP contribution in [0, 0.1) is 12.8 Å². The molecule has 0 amide bonds. The molecule has 2 aliphatic rings. The van der Waals surface area contributed by atoms with Crippen molar-refractivity contribution in [3.8, 4) is 0 Å². The molecule has 162 valence electrons. The van der Waals surface area contributed by atoms with Gasteiger partial charge < -0.3 is 9.88 Å². The summed E-state index contributed by atoms with van der Waals surface area (Å²) in [7, 11) is 0. The molecule has 1 N–H and O–H groups in total. The third kappa shape index (κ3) is 3.96. The van der Waals surface area contributed by atoms with Crippen LogP contribution in [0.25, 0.3) is 11.3 Å². The molecule has 1 atom stereocenters. The van der Waals surface area contributed by atoms with Crippen LogP contribution in [0.1, 0.15) is 69.1 Å². The second-order valence-electron chi connectivity index (χ2n) is 8.88. The SMILES string of the molecule is Cc1cn(C2=C(F)C=C(c3csc(Nc4cc(C(C)C)nn4C4CC4)n3)CC2C)cn1. The van der Waals surface area contributed by atoms with Crippen molar-refractivity contribution in [3.05, 3.63) is 53.0 Å². The molecular formula is C23H27FN6S. The molecule has 6 nitrogen and oxygen atoms in total. The molecule has 8 heteroatoms. The Morgan fingerprint density at radius 1 is 1.29 bits per heavy atom. The Labute approximate surface area is 185 Å². The quantitative estimate of drug-likeness (QED) is 0.490. The van der Waals surface area contributed by atoms with Crippen LogP contribution in [0.15, 0.2) is 35.9 Å². The number of hydrogen-bond donors (Lipinski definition) is 1. The van der Waals surface area contributed by atoms with E-state index < -0.39 is 0 Å². The highest BCUT2D eigenvalue weighted by atomic mass is 32.1. The zero-order chi connectivity index (χ0) is 21.7. The van der Waals surface area contributed by atoms with Crippen LogP contribution in [0.4, 0.5) is 15.3 Å². The lowest BCUT2D eigenvalue weighted by molar-refractivity contribution is 0.613. The largest absolute Gasteiger partial charge is 0.316 e. The minimum atomic E-state index is -0.220. The number of rotatable bonds is 6. The van der Waals surface area contributed by atoms with Gasteiger partial charge in [0.25, 0.3) is 0 Å². The second-order valence-corrected chi connectivity index (χ2v) is 9.74. The first-order valence-corrected chi connectivity index (χ1v) is 11.7. The Morgan fingerprint density at radius 2 is 2.10 bits per heavy atom. The van der Waals surface area contributed by atoms with Gasteiger partial charge in [-0.3, -0.25) is 0 Å². The maximum Gasteiger partial charge on any atom is 0.188 e. The van der Waals surface area contributed by atoms with Crippen LogP contribution in [-0.4, -0.2) is 24.3 Å². The zero-order valence-electron chi connectivity index (χ0n) is 18.3. The number of aryl methyl sites for hydroxylation is 1. The minimum absolute atomic E-state index is 0.0385. The molecule has 3 heterocycles. The number of allylic oxidation sites excluding steroid dienone is 4. The summed E-state index contributed by atoms with van der Waals surface area (Å²) >= 11 is 1.54. The highest BCUT2D eigenvalue weighted by Crippen LogP contribution is 2.40. The van der Waals surface area contributed by atoms with E-state index in [0.717, 1.165) is 40.0 Å². The molecule has 0 radical (unpaired) electrons. The van der Waals surface area contributed by atoms with Crippen molar-refractivity contribution in [1.82, 2.24) is 24.3 Å². The molecule has 1 saturated carbocycles. The third-order valence-corrected chi connectivity index (χ3v) is 6.59. The van der Waals surface area contributed by atoms with Gasteiger partial charge in [0.15, 0.2) is 5.13 Å². The van der Waals surface area contributed by atoms with Crippen LogP contribution < -0.4 is 5.32 Å². The maximum atomic E-state index is 15.0. The van der Waals surface area contributed by atoms with Gasteiger partial charge in [-0.2, -0.15) is 5.10 Å². The normalized spacial score (nSPS) is 19.3. The fourth-order valence-electron chi connectivity index (χ4n) is 4.03. The maximum absolute atomic E-state index is 15.0. The first-order valence-electron chi connectivity index (χ1n) is 10.8. The predicted octanol–water partition coefficient (Wildman–Crippen LogP) is 6.31. The van der Waals surface area contributed by atoms with E-state index in [1.165, 1.54) is 12.8 Å². The first-order chi connectivity index (χ1) is 14.9. The highest BCUT2D eigenvalue weighted by molar-refractivity contribution is 7.13. The number of nitrogens with one attached hydrogen (secondary N) is 1. The minimum Gasteiger partial charge on any atom is -0.316 e. The smallest absolute Gasteiger partial charge is 0.188 e. The Balaban J connectivity index is 1.40. The van der Waals surface area contributed by atoms with Crippen molar-refractivity contribution in [1.29, 1.82) is 0 Å². The molecular weight excluding hydrogens is 411 g/mol. The lowest BCUT2D eigenvalue weighted by Gasteiger charge is -2.22. The van der Waals surface area contributed by atoms with Gasteiger partial charge in [0, 0.05) is 23.6 Å². The summed E-state index contributed by atoms with van der Waals surface area (Å²) in [6.07, 6.45) is 8.25. The molecule has 5 rings (SSSR count). The molecule has 0 aliphatic heterocycles. The van der Waals surface area contributed by atoms with E-state index in [0.29, 0.717) is 17.7 Å². The second kappa shape index (κ2) is 7.75. The molecule has 31 heavy (non-hydrogen) atoms. The summed E-state index contributed by atoms with van der Waals surface area (Å²) in [5.41, 5.74) is 4.38. The van der Waals surface area contributed by atoms with E-state index in [2.05, 4.69) is 34.9 Å². The Kier molecular flexibility index (Phi) is 5.04. The van der Waals surface area contributed by atoms with E-state index in [4.69, 9.17) is 10.1 Å². The van der Waals surface area contributed by atoms with Gasteiger partial charge in [0.05, 0.1) is 35.1 Å². The summed E-state index contributed by atoms with van der Waals surface area (Å²) in [5, 5.41) is 11.0. The molecule has 3 aromatic heterocycles. The van der Waals surface area contributed by atoms with Crippen molar-refractivity contribution in [2.45, 2.75) is 58.9 Å². The van der Waals surface area contributed by atoms with Crippen molar-refractivity contribution in [3.63, 3.8) is 0 Å². The van der Waals surface area contributed by atoms with E-state index in [-0.39, 0.29) is 11.7 Å². The number of nitrogens with zero attached hydrogens (tertiary/aromatic N) is 5. The van der Waals surface area contributed by atoms with Crippen LogP contribution in [0.3, 0.4) is 0 Å². The number of aromatic nitrogens is 5. The summed E-state index contributed by atoms with van der Waals surface area (Å²) in [5.74, 6) is 1.19. The molecule has 0 aromatic carbocycles. The summed E-state index contributed by atoms with van der Waals surface area (Å²) < 4.78 is 18.9. The molecule has 0 spiro atoms. The fourth-order valence-corrected chi connectivity index (χ4v) is 4.77. The molecule has 3 aromatic rings. The van der Waals surface area contributed by atoms with E-state index >= 15 is 4.39 Å². The molecule has 0 bridgehead atoms. The molecule has 1 fully saturated rings. The van der Waals surface area contributed by atoms with Crippen LogP contribution >= 0.6 is 11.3 Å². The topological polar surface area (TPSA) is 60.6 Å². The average molecular weight is 439 g/mol. The van der Waals surface area contributed by atoms with Crippen LogP contribution in [0.2, 0.25) is 0 Å². The summed E-state index contributed by atoms with van der Waals surface area (Å²) in [4.78, 5) is 9.00. The lowest BCUT2D eigenvalue weighted by Crippen LogP contribution is -2.11. The Morgan fingerprint density at radius 3 is 2.74 bits per heavy atom. The van der Waals surface area contributed by atoms with E-state index in [1.54, 1.807) is 28.3 Å². The summed E-state index contributed by atoms with van der Waals surface area (Å²) in [6.45, 7) is 8.27. The van der Waals surface area contributed by atoms with Crippen LogP contribution in [-0.2, 0) is 0 Å². The Hall–Kier alpha value is -2.74. The van der Waals surface area contributed by atoms with Crippen LogP contribution in [0.5, 0.6) is 0 Å². The van der Waals surface area contributed by atoms with E-state index in [1.807, 2.05) is 25.4 Å². The van der Waals surface area contributed by atoms with Crippen molar-refractivity contribution in [2.24, 2.45) is 5.92 Å². The van der Waals surface area contributed by atoms with E-state index in [9.17, 15) is 0 Å². The van der Waals surface area contributed by atoms with Crippen molar-refractivity contribution < 1.29 is 4.39 Å². The lowest BCUT2D eigenvalue weighted by atomic mass is 9.90.